The first-order chi connectivity index (χ1) is 7.13. The van der Waals surface area contributed by atoms with E-state index in [9.17, 15) is 0 Å². The van der Waals surface area contributed by atoms with Crippen LogP contribution in [0.3, 0.4) is 0 Å². The van der Waals surface area contributed by atoms with E-state index in [4.69, 9.17) is 20.3 Å². The third kappa shape index (κ3) is 2.40. The van der Waals surface area contributed by atoms with Gasteiger partial charge in [0.1, 0.15) is 11.5 Å². The highest BCUT2D eigenvalue weighted by molar-refractivity contribution is 5.47. The van der Waals surface area contributed by atoms with Gasteiger partial charge in [-0.1, -0.05) is 0 Å². The number of methoxy groups -OCH3 is 2. The second kappa shape index (κ2) is 5.00. The lowest BCUT2D eigenvalue weighted by atomic mass is 10.0. The Kier molecular flexibility index (Phi) is 3.94. The molecule has 1 rings (SSSR count). The molecule has 4 nitrogen and oxygen atoms in total. The molecule has 0 spiro atoms. The molecule has 0 aromatic heterocycles. The maximum absolute atomic E-state index is 9.03. The van der Waals surface area contributed by atoms with E-state index in [1.807, 2.05) is 13.0 Å². The van der Waals surface area contributed by atoms with E-state index in [-0.39, 0.29) is 6.61 Å². The zero-order valence-corrected chi connectivity index (χ0v) is 9.28. The number of benzene rings is 1. The molecule has 0 saturated carbocycles. The van der Waals surface area contributed by atoms with Gasteiger partial charge in [-0.15, -0.1) is 0 Å². The van der Waals surface area contributed by atoms with Crippen molar-refractivity contribution in [2.24, 2.45) is 5.73 Å². The van der Waals surface area contributed by atoms with Gasteiger partial charge in [0, 0.05) is 6.07 Å². The predicted molar refractivity (Wildman–Crippen MR) is 58.3 cm³/mol. The Morgan fingerprint density at radius 3 is 2.47 bits per heavy atom. The molecule has 0 aliphatic rings. The number of nitrogens with two attached hydrogens (primary N) is 1. The van der Waals surface area contributed by atoms with E-state index < -0.39 is 6.04 Å². The smallest absolute Gasteiger partial charge is 0.125 e. The lowest BCUT2D eigenvalue weighted by molar-refractivity contribution is 0.267. The first-order valence-corrected chi connectivity index (χ1v) is 4.73. The average Bonchev–Trinajstić information content (AvgIpc) is 2.28. The van der Waals surface area contributed by atoms with Gasteiger partial charge in [0.25, 0.3) is 0 Å². The van der Waals surface area contributed by atoms with Gasteiger partial charge in [0.2, 0.25) is 0 Å². The van der Waals surface area contributed by atoms with Gasteiger partial charge in [-0.25, -0.2) is 0 Å². The van der Waals surface area contributed by atoms with Crippen molar-refractivity contribution in [1.29, 1.82) is 0 Å². The molecule has 0 aliphatic heterocycles. The fraction of sp³-hybridized carbons (Fsp3) is 0.455. The number of aliphatic hydroxyl groups excluding tert-OH is 1. The minimum Gasteiger partial charge on any atom is -0.497 e. The maximum Gasteiger partial charge on any atom is 0.125 e. The molecule has 3 N–H and O–H groups in total. The number of hydrogen-bond acceptors (Lipinski definition) is 4. The van der Waals surface area contributed by atoms with Gasteiger partial charge in [-0.2, -0.15) is 0 Å². The quantitative estimate of drug-likeness (QED) is 0.780. The summed E-state index contributed by atoms with van der Waals surface area (Å²) in [5, 5.41) is 9.03. The summed E-state index contributed by atoms with van der Waals surface area (Å²) in [6.07, 6.45) is 0. The Bertz CT molecular complexity index is 339. The van der Waals surface area contributed by atoms with Crippen LogP contribution in [0.2, 0.25) is 0 Å². The van der Waals surface area contributed by atoms with Crippen LogP contribution in [0.4, 0.5) is 0 Å². The molecule has 0 radical (unpaired) electrons. The van der Waals surface area contributed by atoms with Crippen LogP contribution in [0.15, 0.2) is 12.1 Å². The minimum atomic E-state index is -0.408. The Labute approximate surface area is 89.6 Å². The first-order valence-electron chi connectivity index (χ1n) is 4.73. The molecule has 84 valence electrons. The van der Waals surface area contributed by atoms with E-state index >= 15 is 0 Å². The van der Waals surface area contributed by atoms with Crippen molar-refractivity contribution >= 4 is 0 Å². The van der Waals surface area contributed by atoms with Gasteiger partial charge in [-0.05, 0) is 24.1 Å². The fourth-order valence-corrected chi connectivity index (χ4v) is 1.50. The van der Waals surface area contributed by atoms with Crippen LogP contribution in [-0.2, 0) is 0 Å². The SMILES string of the molecule is COc1cc(OC)c(C)c(C(N)CO)c1. The summed E-state index contributed by atoms with van der Waals surface area (Å²) in [7, 11) is 3.17. The van der Waals surface area contributed by atoms with E-state index in [0.29, 0.717) is 11.5 Å². The molecule has 1 aromatic carbocycles. The van der Waals surface area contributed by atoms with E-state index in [0.717, 1.165) is 11.1 Å². The van der Waals surface area contributed by atoms with Crippen LogP contribution in [0, 0.1) is 6.92 Å². The lowest BCUT2D eigenvalue weighted by Crippen LogP contribution is -2.16. The number of aliphatic hydroxyl groups is 1. The molecule has 0 amide bonds. The summed E-state index contributed by atoms with van der Waals surface area (Å²) in [6.45, 7) is 1.81. The topological polar surface area (TPSA) is 64.7 Å². The van der Waals surface area contributed by atoms with Gasteiger partial charge in [-0.3, -0.25) is 0 Å². The molecule has 0 heterocycles. The van der Waals surface area contributed by atoms with Crippen LogP contribution in [-0.4, -0.2) is 25.9 Å². The van der Waals surface area contributed by atoms with Crippen molar-refractivity contribution in [3.05, 3.63) is 23.3 Å². The van der Waals surface area contributed by atoms with E-state index in [1.54, 1.807) is 20.3 Å². The summed E-state index contributed by atoms with van der Waals surface area (Å²) in [5.74, 6) is 1.39. The minimum absolute atomic E-state index is 0.100. The second-order valence-corrected chi connectivity index (χ2v) is 3.33. The molecule has 0 bridgehead atoms. The zero-order valence-electron chi connectivity index (χ0n) is 9.28. The fourth-order valence-electron chi connectivity index (χ4n) is 1.50. The van der Waals surface area contributed by atoms with Crippen molar-refractivity contribution in [3.63, 3.8) is 0 Å². The highest BCUT2D eigenvalue weighted by atomic mass is 16.5. The summed E-state index contributed by atoms with van der Waals surface area (Å²) in [5.41, 5.74) is 7.55. The van der Waals surface area contributed by atoms with Crippen LogP contribution in [0.25, 0.3) is 0 Å². The van der Waals surface area contributed by atoms with Crippen molar-refractivity contribution in [1.82, 2.24) is 0 Å². The summed E-state index contributed by atoms with van der Waals surface area (Å²) in [4.78, 5) is 0. The molecule has 0 aliphatic carbocycles. The third-order valence-electron chi connectivity index (χ3n) is 2.43. The lowest BCUT2D eigenvalue weighted by Gasteiger charge is -2.16. The first kappa shape index (κ1) is 11.8. The monoisotopic (exact) mass is 211 g/mol. The highest BCUT2D eigenvalue weighted by Crippen LogP contribution is 2.30. The Balaban J connectivity index is 3.23. The summed E-state index contributed by atoms with van der Waals surface area (Å²) >= 11 is 0. The highest BCUT2D eigenvalue weighted by Gasteiger charge is 2.13. The van der Waals surface area contributed by atoms with Gasteiger partial charge < -0.3 is 20.3 Å². The molecule has 4 heteroatoms. The largest absolute Gasteiger partial charge is 0.497 e. The predicted octanol–water partition coefficient (Wildman–Crippen LogP) is 1.00. The van der Waals surface area contributed by atoms with Crippen LogP contribution in [0.5, 0.6) is 11.5 Å². The molecule has 1 unspecified atom stereocenters. The standard InChI is InChI=1S/C11H17NO3/c1-7-9(10(12)6-13)4-8(14-2)5-11(7)15-3/h4-5,10,13H,6,12H2,1-3H3. The molecular weight excluding hydrogens is 194 g/mol. The van der Waals surface area contributed by atoms with Gasteiger partial charge in [0.05, 0.1) is 26.9 Å². The molecule has 1 atom stereocenters. The number of rotatable bonds is 4. The molecule has 0 saturated heterocycles. The van der Waals surface area contributed by atoms with Crippen molar-refractivity contribution in [3.8, 4) is 11.5 Å². The van der Waals surface area contributed by atoms with Gasteiger partial charge >= 0.3 is 0 Å². The van der Waals surface area contributed by atoms with Crippen LogP contribution in [0.1, 0.15) is 17.2 Å². The molecular formula is C11H17NO3. The van der Waals surface area contributed by atoms with Crippen molar-refractivity contribution < 1.29 is 14.6 Å². The van der Waals surface area contributed by atoms with E-state index in [2.05, 4.69) is 0 Å². The molecule has 15 heavy (non-hydrogen) atoms. The van der Waals surface area contributed by atoms with Crippen molar-refractivity contribution in [2.75, 3.05) is 20.8 Å². The van der Waals surface area contributed by atoms with E-state index in [1.165, 1.54) is 0 Å². The second-order valence-electron chi connectivity index (χ2n) is 3.33. The van der Waals surface area contributed by atoms with Crippen molar-refractivity contribution in [2.45, 2.75) is 13.0 Å². The number of hydrogen-bond donors (Lipinski definition) is 2. The Morgan fingerprint density at radius 2 is 2.00 bits per heavy atom. The number of ether oxygens (including phenoxy) is 2. The average molecular weight is 211 g/mol. The maximum atomic E-state index is 9.03. The molecule has 0 fully saturated rings. The van der Waals surface area contributed by atoms with Crippen LogP contribution < -0.4 is 15.2 Å². The summed E-state index contributed by atoms with van der Waals surface area (Å²) < 4.78 is 10.3. The Morgan fingerprint density at radius 1 is 1.33 bits per heavy atom. The normalized spacial score (nSPS) is 12.3. The zero-order chi connectivity index (χ0) is 11.4. The third-order valence-corrected chi connectivity index (χ3v) is 2.43. The van der Waals surface area contributed by atoms with Gasteiger partial charge in [0.15, 0.2) is 0 Å². The summed E-state index contributed by atoms with van der Waals surface area (Å²) in [6, 6.07) is 3.20. The van der Waals surface area contributed by atoms with Crippen LogP contribution >= 0.6 is 0 Å². The molecule has 1 aromatic rings. The Hall–Kier alpha value is -1.26.